The highest BCUT2D eigenvalue weighted by Crippen LogP contribution is 2.27. The molecule has 1 N–H and O–H groups in total. The van der Waals surface area contributed by atoms with Gasteiger partial charge in [-0.05, 0) is 44.8 Å². The van der Waals surface area contributed by atoms with Gasteiger partial charge in [0.1, 0.15) is 0 Å². The van der Waals surface area contributed by atoms with Crippen LogP contribution in [0.4, 0.5) is 0 Å². The summed E-state index contributed by atoms with van der Waals surface area (Å²) in [6, 6.07) is 5.81. The summed E-state index contributed by atoms with van der Waals surface area (Å²) < 4.78 is 0. The molecule has 2 heterocycles. The van der Waals surface area contributed by atoms with E-state index in [9.17, 15) is 0 Å². The van der Waals surface area contributed by atoms with Gasteiger partial charge < -0.3 is 10.2 Å². The third-order valence-electron chi connectivity index (χ3n) is 4.23. The van der Waals surface area contributed by atoms with Crippen LogP contribution in [0, 0.1) is 0 Å². The summed E-state index contributed by atoms with van der Waals surface area (Å²) >= 11 is 1.87. The first-order valence-corrected chi connectivity index (χ1v) is 7.84. The molecule has 0 aromatic carbocycles. The normalized spacial score (nSPS) is 26.4. The fraction of sp³-hybridized carbons (Fsp3) is 0.733. The minimum absolute atomic E-state index is 0.251. The van der Waals surface area contributed by atoms with Crippen molar-refractivity contribution in [1.29, 1.82) is 0 Å². The molecule has 1 aliphatic heterocycles. The van der Waals surface area contributed by atoms with Crippen molar-refractivity contribution in [2.45, 2.75) is 51.1 Å². The Hall–Kier alpha value is -0.380. The van der Waals surface area contributed by atoms with Crippen LogP contribution >= 0.6 is 11.3 Å². The lowest BCUT2D eigenvalue weighted by Crippen LogP contribution is -2.48. The second-order valence-electron chi connectivity index (χ2n) is 6.29. The molecule has 0 saturated carbocycles. The molecule has 0 amide bonds. The highest BCUT2D eigenvalue weighted by atomic mass is 32.1. The lowest BCUT2D eigenvalue weighted by atomic mass is 9.90. The fourth-order valence-electron chi connectivity index (χ4n) is 2.63. The van der Waals surface area contributed by atoms with Gasteiger partial charge in [0.05, 0.1) is 0 Å². The van der Waals surface area contributed by atoms with E-state index in [0.717, 1.165) is 6.54 Å². The van der Waals surface area contributed by atoms with Gasteiger partial charge in [-0.1, -0.05) is 19.9 Å². The lowest BCUT2D eigenvalue weighted by molar-refractivity contribution is 0.165. The molecule has 18 heavy (non-hydrogen) atoms. The van der Waals surface area contributed by atoms with Crippen molar-refractivity contribution >= 4 is 11.3 Å². The monoisotopic (exact) mass is 266 g/mol. The number of rotatable bonds is 4. The Morgan fingerprint density at radius 1 is 1.50 bits per heavy atom. The van der Waals surface area contributed by atoms with Crippen LogP contribution in [-0.4, -0.2) is 37.1 Å². The van der Waals surface area contributed by atoms with Gasteiger partial charge in [0.15, 0.2) is 0 Å². The highest BCUT2D eigenvalue weighted by molar-refractivity contribution is 7.10. The number of thiophene rings is 1. The number of hydrogen-bond donors (Lipinski definition) is 1. The fourth-order valence-corrected chi connectivity index (χ4v) is 3.48. The molecule has 0 aliphatic carbocycles. The minimum Gasteiger partial charge on any atom is -0.313 e. The standard InChI is InChI=1S/C15H26N2S/c1-12-10-13(7-8-17(12)4)16-11-15(2,3)14-6-5-9-18-14/h5-6,9,12-13,16H,7-8,10-11H2,1-4H3. The molecule has 0 radical (unpaired) electrons. The van der Waals surface area contributed by atoms with Crippen molar-refractivity contribution in [2.24, 2.45) is 0 Å². The van der Waals surface area contributed by atoms with Crippen molar-refractivity contribution in [1.82, 2.24) is 10.2 Å². The average Bonchev–Trinajstić information content (AvgIpc) is 2.85. The van der Waals surface area contributed by atoms with Crippen molar-refractivity contribution in [3.8, 4) is 0 Å². The van der Waals surface area contributed by atoms with E-state index < -0.39 is 0 Å². The summed E-state index contributed by atoms with van der Waals surface area (Å²) in [5, 5.41) is 5.96. The van der Waals surface area contributed by atoms with E-state index in [0.29, 0.717) is 12.1 Å². The van der Waals surface area contributed by atoms with Crippen LogP contribution in [0.3, 0.4) is 0 Å². The Kier molecular flexibility index (Phi) is 4.46. The van der Waals surface area contributed by atoms with E-state index in [1.165, 1.54) is 24.3 Å². The number of nitrogens with zero attached hydrogens (tertiary/aromatic N) is 1. The smallest absolute Gasteiger partial charge is 0.0115 e. The second kappa shape index (κ2) is 5.72. The van der Waals surface area contributed by atoms with Gasteiger partial charge in [-0.15, -0.1) is 11.3 Å². The molecule has 1 aromatic rings. The maximum Gasteiger partial charge on any atom is 0.0115 e. The Bertz CT molecular complexity index is 359. The third kappa shape index (κ3) is 3.34. The molecule has 2 atom stereocenters. The molecule has 2 unspecified atom stereocenters. The summed E-state index contributed by atoms with van der Waals surface area (Å²) in [4.78, 5) is 3.94. The van der Waals surface area contributed by atoms with Crippen LogP contribution in [-0.2, 0) is 5.41 Å². The lowest BCUT2D eigenvalue weighted by Gasteiger charge is -2.37. The molecule has 1 fully saturated rings. The van der Waals surface area contributed by atoms with Crippen LogP contribution in [0.1, 0.15) is 38.5 Å². The first-order chi connectivity index (χ1) is 8.49. The predicted octanol–water partition coefficient (Wildman–Crippen LogP) is 3.10. The van der Waals surface area contributed by atoms with Gasteiger partial charge in [0, 0.05) is 28.9 Å². The SMILES string of the molecule is CC1CC(NCC(C)(C)c2cccs2)CCN1C. The van der Waals surface area contributed by atoms with E-state index in [4.69, 9.17) is 0 Å². The predicted molar refractivity (Wildman–Crippen MR) is 80.5 cm³/mol. The Labute approximate surface area is 115 Å². The van der Waals surface area contributed by atoms with Crippen LogP contribution in [0.2, 0.25) is 0 Å². The van der Waals surface area contributed by atoms with Gasteiger partial charge in [-0.3, -0.25) is 0 Å². The molecule has 0 spiro atoms. The molecule has 1 aromatic heterocycles. The number of nitrogens with one attached hydrogen (secondary N) is 1. The highest BCUT2D eigenvalue weighted by Gasteiger charge is 2.26. The summed E-state index contributed by atoms with van der Waals surface area (Å²) in [5.41, 5.74) is 0.251. The molecular formula is C15H26N2S. The summed E-state index contributed by atoms with van der Waals surface area (Å²) in [5.74, 6) is 0. The zero-order chi connectivity index (χ0) is 13.2. The molecule has 3 heteroatoms. The van der Waals surface area contributed by atoms with E-state index in [1.54, 1.807) is 0 Å². The Balaban J connectivity index is 1.85. The van der Waals surface area contributed by atoms with Crippen molar-refractivity contribution in [3.05, 3.63) is 22.4 Å². The second-order valence-corrected chi connectivity index (χ2v) is 7.24. The van der Waals surface area contributed by atoms with Crippen molar-refractivity contribution in [2.75, 3.05) is 20.1 Å². The summed E-state index contributed by atoms with van der Waals surface area (Å²) in [6.07, 6.45) is 2.55. The van der Waals surface area contributed by atoms with E-state index in [2.05, 4.69) is 55.5 Å². The first kappa shape index (κ1) is 14.0. The molecule has 2 rings (SSSR count). The van der Waals surface area contributed by atoms with Gasteiger partial charge in [-0.2, -0.15) is 0 Å². The number of likely N-dealkylation sites (tertiary alicyclic amines) is 1. The summed E-state index contributed by atoms with van der Waals surface area (Å²) in [7, 11) is 2.23. The minimum atomic E-state index is 0.251. The van der Waals surface area contributed by atoms with Gasteiger partial charge in [-0.25, -0.2) is 0 Å². The zero-order valence-corrected chi connectivity index (χ0v) is 12.9. The summed E-state index contributed by atoms with van der Waals surface area (Å²) in [6.45, 7) is 9.31. The largest absolute Gasteiger partial charge is 0.313 e. The molecule has 0 bridgehead atoms. The van der Waals surface area contributed by atoms with Crippen LogP contribution in [0.25, 0.3) is 0 Å². The van der Waals surface area contributed by atoms with Gasteiger partial charge >= 0.3 is 0 Å². The average molecular weight is 266 g/mol. The Morgan fingerprint density at radius 3 is 2.89 bits per heavy atom. The van der Waals surface area contributed by atoms with Crippen LogP contribution in [0.5, 0.6) is 0 Å². The van der Waals surface area contributed by atoms with Crippen LogP contribution in [0.15, 0.2) is 17.5 Å². The molecule has 1 saturated heterocycles. The number of piperidine rings is 1. The molecule has 2 nitrogen and oxygen atoms in total. The maximum absolute atomic E-state index is 3.78. The zero-order valence-electron chi connectivity index (χ0n) is 12.1. The maximum atomic E-state index is 3.78. The third-order valence-corrected chi connectivity index (χ3v) is 5.47. The molecule has 102 valence electrons. The Morgan fingerprint density at radius 2 is 2.28 bits per heavy atom. The van der Waals surface area contributed by atoms with E-state index in [-0.39, 0.29) is 5.41 Å². The van der Waals surface area contributed by atoms with E-state index in [1.807, 2.05) is 11.3 Å². The first-order valence-electron chi connectivity index (χ1n) is 6.96. The van der Waals surface area contributed by atoms with E-state index >= 15 is 0 Å². The quantitative estimate of drug-likeness (QED) is 0.901. The van der Waals surface area contributed by atoms with Crippen LogP contribution < -0.4 is 5.32 Å². The molecular weight excluding hydrogens is 240 g/mol. The topological polar surface area (TPSA) is 15.3 Å². The van der Waals surface area contributed by atoms with Crippen molar-refractivity contribution < 1.29 is 0 Å². The van der Waals surface area contributed by atoms with Gasteiger partial charge in [0.2, 0.25) is 0 Å². The van der Waals surface area contributed by atoms with Gasteiger partial charge in [0.25, 0.3) is 0 Å². The number of hydrogen-bond acceptors (Lipinski definition) is 3. The van der Waals surface area contributed by atoms with Crippen molar-refractivity contribution in [3.63, 3.8) is 0 Å². The molecule has 1 aliphatic rings.